The predicted octanol–water partition coefficient (Wildman–Crippen LogP) is 6.53. The van der Waals surface area contributed by atoms with Gasteiger partial charge in [0.05, 0.1) is 21.6 Å². The number of nitrogens with zero attached hydrogens (tertiary/aromatic N) is 5. The average molecular weight is 600 g/mol. The second kappa shape index (κ2) is 9.30. The molecule has 0 atom stereocenters. The highest BCUT2D eigenvalue weighted by Gasteiger charge is 2.36. The number of carbonyl (C=O) groups is 1. The van der Waals surface area contributed by atoms with Crippen molar-refractivity contribution in [1.29, 1.82) is 0 Å². The first-order chi connectivity index (χ1) is 17.1. The number of thiophene rings is 1. The monoisotopic (exact) mass is 598 g/mol. The zero-order valence-corrected chi connectivity index (χ0v) is 20.9. The van der Waals surface area contributed by atoms with E-state index < -0.39 is 23.6 Å². The van der Waals surface area contributed by atoms with Crippen molar-refractivity contribution in [2.45, 2.75) is 12.7 Å². The minimum atomic E-state index is -4.73. The summed E-state index contributed by atoms with van der Waals surface area (Å²) in [7, 11) is 0. The van der Waals surface area contributed by atoms with Gasteiger partial charge >= 0.3 is 6.18 Å². The summed E-state index contributed by atoms with van der Waals surface area (Å²) in [6.07, 6.45) is -3.23. The van der Waals surface area contributed by atoms with Crippen molar-refractivity contribution in [2.24, 2.45) is 0 Å². The maximum atomic E-state index is 14.1. The van der Waals surface area contributed by atoms with Gasteiger partial charge in [0, 0.05) is 22.8 Å². The van der Waals surface area contributed by atoms with E-state index in [2.05, 4.69) is 36.4 Å². The topological polar surface area (TPSA) is 77.1 Å². The summed E-state index contributed by atoms with van der Waals surface area (Å²) in [4.78, 5) is 17.6. The fourth-order valence-electron chi connectivity index (χ4n) is 3.42. The van der Waals surface area contributed by atoms with Gasteiger partial charge < -0.3 is 5.32 Å². The van der Waals surface area contributed by atoms with Crippen molar-refractivity contribution in [3.8, 4) is 10.6 Å². The van der Waals surface area contributed by atoms with E-state index in [9.17, 15) is 22.4 Å². The van der Waals surface area contributed by atoms with Gasteiger partial charge in [0.2, 0.25) is 0 Å². The molecule has 7 nitrogen and oxygen atoms in total. The molecule has 0 saturated heterocycles. The third-order valence-corrected chi connectivity index (χ3v) is 6.88. The summed E-state index contributed by atoms with van der Waals surface area (Å²) in [5.74, 6) is -1.26. The van der Waals surface area contributed by atoms with Gasteiger partial charge in [0.1, 0.15) is 5.82 Å². The minimum absolute atomic E-state index is 0.0152. The second-order valence-corrected chi connectivity index (χ2v) is 9.69. The first kappa shape index (κ1) is 24.4. The van der Waals surface area contributed by atoms with Crippen LogP contribution in [0.4, 0.5) is 23.4 Å². The SMILES string of the molecule is O=C(Nc1nn(Cc2c(F)cccc2Cl)cc1Br)c1cc2nc(-c3cccs3)cc(C(F)(F)F)n2n1. The summed E-state index contributed by atoms with van der Waals surface area (Å²) >= 11 is 10.6. The van der Waals surface area contributed by atoms with Gasteiger partial charge in [-0.1, -0.05) is 23.7 Å². The highest BCUT2D eigenvalue weighted by molar-refractivity contribution is 9.10. The van der Waals surface area contributed by atoms with Crippen LogP contribution in [0.5, 0.6) is 0 Å². The van der Waals surface area contributed by atoms with Gasteiger partial charge in [-0.3, -0.25) is 9.48 Å². The number of aromatic nitrogens is 5. The molecule has 14 heteroatoms. The normalized spacial score (nSPS) is 11.8. The first-order valence-electron chi connectivity index (χ1n) is 10.1. The number of amides is 1. The van der Waals surface area contributed by atoms with E-state index in [1.807, 2.05) is 0 Å². The van der Waals surface area contributed by atoms with Crippen LogP contribution in [0.2, 0.25) is 5.02 Å². The number of benzene rings is 1. The van der Waals surface area contributed by atoms with Crippen molar-refractivity contribution in [1.82, 2.24) is 24.4 Å². The number of alkyl halides is 3. The molecule has 1 amide bonds. The van der Waals surface area contributed by atoms with Crippen LogP contribution in [0.15, 0.2) is 58.5 Å². The number of rotatable bonds is 5. The quantitative estimate of drug-likeness (QED) is 0.233. The minimum Gasteiger partial charge on any atom is -0.303 e. The molecule has 184 valence electrons. The Bertz CT molecular complexity index is 1580. The van der Waals surface area contributed by atoms with Crippen molar-refractivity contribution in [3.05, 3.63) is 86.3 Å². The molecule has 0 saturated carbocycles. The number of halogens is 6. The maximum Gasteiger partial charge on any atom is 0.433 e. The van der Waals surface area contributed by atoms with Crippen molar-refractivity contribution in [2.75, 3.05) is 5.32 Å². The van der Waals surface area contributed by atoms with E-state index in [0.717, 1.165) is 12.1 Å². The molecule has 0 radical (unpaired) electrons. The molecule has 4 heterocycles. The van der Waals surface area contributed by atoms with E-state index in [1.54, 1.807) is 17.5 Å². The Kier molecular flexibility index (Phi) is 6.30. The number of carbonyl (C=O) groups excluding carboxylic acids is 1. The third kappa shape index (κ3) is 4.73. The Morgan fingerprint density at radius 1 is 1.17 bits per heavy atom. The van der Waals surface area contributed by atoms with Crippen molar-refractivity contribution < 1.29 is 22.4 Å². The highest BCUT2D eigenvalue weighted by Crippen LogP contribution is 2.33. The molecule has 0 aliphatic rings. The lowest BCUT2D eigenvalue weighted by molar-refractivity contribution is -0.142. The van der Waals surface area contributed by atoms with E-state index in [0.29, 0.717) is 13.9 Å². The Hall–Kier alpha value is -3.29. The molecule has 5 aromatic rings. The van der Waals surface area contributed by atoms with E-state index in [1.165, 1.54) is 40.4 Å². The summed E-state index contributed by atoms with van der Waals surface area (Å²) in [6, 6.07) is 9.67. The fraction of sp³-hybridized carbons (Fsp3) is 0.0909. The molecular formula is C22H12BrClF4N6OS. The Morgan fingerprint density at radius 3 is 2.67 bits per heavy atom. The summed E-state index contributed by atoms with van der Waals surface area (Å²) in [5, 5.41) is 12.5. The largest absolute Gasteiger partial charge is 0.433 e. The van der Waals surface area contributed by atoms with Crippen LogP contribution < -0.4 is 5.32 Å². The standard InChI is InChI=1S/C22H12BrClF4N6OS/c23-12-10-33(9-11-13(24)3-1-4-14(11)25)32-20(12)30-21(35)16-8-19-29-15(17-5-2-6-36-17)7-18(22(26,27)28)34(19)31-16/h1-8,10H,9H2,(H,30,32,35). The molecule has 36 heavy (non-hydrogen) atoms. The van der Waals surface area contributed by atoms with Crippen LogP contribution in [-0.2, 0) is 12.7 Å². The number of anilines is 1. The molecule has 0 aliphatic heterocycles. The number of nitrogens with one attached hydrogen (secondary N) is 1. The molecule has 0 unspecified atom stereocenters. The number of fused-ring (bicyclic) bond motifs is 1. The van der Waals surface area contributed by atoms with Crippen LogP contribution >= 0.6 is 38.9 Å². The van der Waals surface area contributed by atoms with Gasteiger partial charge in [-0.05, 0) is 45.6 Å². The van der Waals surface area contributed by atoms with Crippen LogP contribution in [0.1, 0.15) is 21.7 Å². The van der Waals surface area contributed by atoms with Crippen molar-refractivity contribution >= 4 is 56.2 Å². The lowest BCUT2D eigenvalue weighted by Crippen LogP contribution is -2.16. The van der Waals surface area contributed by atoms with E-state index in [4.69, 9.17) is 11.6 Å². The Labute approximate surface area is 217 Å². The van der Waals surface area contributed by atoms with Crippen LogP contribution in [0.25, 0.3) is 16.2 Å². The van der Waals surface area contributed by atoms with Gasteiger partial charge in [0.25, 0.3) is 5.91 Å². The molecule has 0 spiro atoms. The van der Waals surface area contributed by atoms with Crippen LogP contribution in [0, 0.1) is 5.82 Å². The average Bonchev–Trinajstić information content (AvgIpc) is 3.55. The predicted molar refractivity (Wildman–Crippen MR) is 130 cm³/mol. The molecule has 1 aromatic carbocycles. The molecule has 0 fully saturated rings. The summed E-state index contributed by atoms with van der Waals surface area (Å²) in [6.45, 7) is -0.0152. The summed E-state index contributed by atoms with van der Waals surface area (Å²) < 4.78 is 57.6. The highest BCUT2D eigenvalue weighted by atomic mass is 79.9. The molecule has 4 aromatic heterocycles. The second-order valence-electron chi connectivity index (χ2n) is 7.48. The van der Waals surface area contributed by atoms with Crippen LogP contribution in [0.3, 0.4) is 0 Å². The fourth-order valence-corrected chi connectivity index (χ4v) is 4.74. The summed E-state index contributed by atoms with van der Waals surface area (Å²) in [5.41, 5.74) is -1.18. The number of hydrogen-bond donors (Lipinski definition) is 1. The van der Waals surface area contributed by atoms with Gasteiger partial charge in [-0.15, -0.1) is 11.3 Å². The molecule has 5 rings (SSSR count). The Morgan fingerprint density at radius 2 is 1.97 bits per heavy atom. The lowest BCUT2D eigenvalue weighted by Gasteiger charge is -2.10. The zero-order chi connectivity index (χ0) is 25.6. The third-order valence-electron chi connectivity index (χ3n) is 5.05. The maximum absolute atomic E-state index is 14.1. The smallest absolute Gasteiger partial charge is 0.303 e. The Balaban J connectivity index is 1.45. The van der Waals surface area contributed by atoms with Gasteiger partial charge in [0.15, 0.2) is 22.9 Å². The lowest BCUT2D eigenvalue weighted by atomic mass is 10.2. The molecule has 0 aliphatic carbocycles. The van der Waals surface area contributed by atoms with Crippen molar-refractivity contribution in [3.63, 3.8) is 0 Å². The first-order valence-corrected chi connectivity index (χ1v) is 12.1. The molecular weight excluding hydrogens is 588 g/mol. The molecule has 1 N–H and O–H groups in total. The molecule has 0 bridgehead atoms. The van der Waals surface area contributed by atoms with Crippen LogP contribution in [-0.4, -0.2) is 30.3 Å². The van der Waals surface area contributed by atoms with E-state index in [-0.39, 0.29) is 40.0 Å². The van der Waals surface area contributed by atoms with E-state index >= 15 is 0 Å². The van der Waals surface area contributed by atoms with Gasteiger partial charge in [-0.2, -0.15) is 23.4 Å². The number of hydrogen-bond acceptors (Lipinski definition) is 5. The zero-order valence-electron chi connectivity index (χ0n) is 17.7. The van der Waals surface area contributed by atoms with Gasteiger partial charge in [-0.25, -0.2) is 13.9 Å².